The first-order chi connectivity index (χ1) is 13.0. The standard InChI is InChI=1S/C18H22BrN5O3/c1-27-14-4-2-12(3-5-14)11-23-8-6-13(7-9-23)22-16-15(19)10-21-18(20)17(16)24(25)26/h2-5,10,13H,6-9,11H2,1H3,(H3,20,21,22). The third kappa shape index (κ3) is 4.67. The zero-order chi connectivity index (χ0) is 19.4. The van der Waals surface area contributed by atoms with Crippen molar-refractivity contribution in [1.29, 1.82) is 0 Å². The Bertz CT molecular complexity index is 807. The molecule has 0 aliphatic carbocycles. The molecule has 1 aromatic heterocycles. The zero-order valence-electron chi connectivity index (χ0n) is 15.0. The summed E-state index contributed by atoms with van der Waals surface area (Å²) in [6, 6.07) is 8.23. The predicted molar refractivity (Wildman–Crippen MR) is 108 cm³/mol. The van der Waals surface area contributed by atoms with Gasteiger partial charge in [0.25, 0.3) is 0 Å². The molecular weight excluding hydrogens is 414 g/mol. The molecule has 0 unspecified atom stereocenters. The van der Waals surface area contributed by atoms with Gasteiger partial charge >= 0.3 is 5.69 Å². The van der Waals surface area contributed by atoms with Gasteiger partial charge in [-0.1, -0.05) is 12.1 Å². The molecule has 1 saturated heterocycles. The quantitative estimate of drug-likeness (QED) is 0.528. The number of halogens is 1. The maximum absolute atomic E-state index is 11.3. The number of nitro groups is 1. The molecule has 0 radical (unpaired) electrons. The molecule has 3 N–H and O–H groups in total. The summed E-state index contributed by atoms with van der Waals surface area (Å²) in [4.78, 5) is 17.1. The van der Waals surface area contributed by atoms with E-state index in [1.807, 2.05) is 12.1 Å². The van der Waals surface area contributed by atoms with E-state index in [1.54, 1.807) is 7.11 Å². The van der Waals surface area contributed by atoms with Gasteiger partial charge in [-0.25, -0.2) is 4.98 Å². The number of hydrogen-bond acceptors (Lipinski definition) is 7. The van der Waals surface area contributed by atoms with Crippen LogP contribution >= 0.6 is 15.9 Å². The highest BCUT2D eigenvalue weighted by atomic mass is 79.9. The van der Waals surface area contributed by atoms with Gasteiger partial charge in [0.2, 0.25) is 5.82 Å². The van der Waals surface area contributed by atoms with Crippen molar-refractivity contribution in [3.8, 4) is 5.75 Å². The third-order valence-electron chi connectivity index (χ3n) is 4.72. The fourth-order valence-electron chi connectivity index (χ4n) is 3.24. The summed E-state index contributed by atoms with van der Waals surface area (Å²) in [6.07, 6.45) is 3.27. The van der Waals surface area contributed by atoms with Crippen LogP contribution in [0.5, 0.6) is 5.75 Å². The van der Waals surface area contributed by atoms with Gasteiger partial charge in [-0.2, -0.15) is 0 Å². The summed E-state index contributed by atoms with van der Waals surface area (Å²) >= 11 is 3.34. The maximum Gasteiger partial charge on any atom is 0.335 e. The summed E-state index contributed by atoms with van der Waals surface area (Å²) in [5.41, 5.74) is 7.16. The number of rotatable bonds is 6. The number of benzene rings is 1. The van der Waals surface area contributed by atoms with Crippen molar-refractivity contribution in [3.63, 3.8) is 0 Å². The Kier molecular flexibility index (Phi) is 6.12. The van der Waals surface area contributed by atoms with E-state index < -0.39 is 4.92 Å². The molecule has 1 fully saturated rings. The number of hydrogen-bond donors (Lipinski definition) is 2. The van der Waals surface area contributed by atoms with Crippen molar-refractivity contribution in [1.82, 2.24) is 9.88 Å². The highest BCUT2D eigenvalue weighted by Gasteiger charge is 2.26. The van der Waals surface area contributed by atoms with Gasteiger partial charge < -0.3 is 15.8 Å². The number of likely N-dealkylation sites (tertiary alicyclic amines) is 1. The van der Waals surface area contributed by atoms with Gasteiger partial charge in [-0.05, 0) is 46.5 Å². The maximum atomic E-state index is 11.3. The van der Waals surface area contributed by atoms with Crippen LogP contribution in [0.25, 0.3) is 0 Å². The van der Waals surface area contributed by atoms with E-state index in [2.05, 4.69) is 43.3 Å². The third-order valence-corrected chi connectivity index (χ3v) is 5.32. The first kappa shape index (κ1) is 19.4. The molecule has 0 spiro atoms. The Hall–Kier alpha value is -2.39. The fourth-order valence-corrected chi connectivity index (χ4v) is 3.65. The molecule has 9 heteroatoms. The van der Waals surface area contributed by atoms with Crippen LogP contribution in [0.3, 0.4) is 0 Å². The summed E-state index contributed by atoms with van der Waals surface area (Å²) in [5.74, 6) is 0.771. The van der Waals surface area contributed by atoms with Crippen LogP contribution in [0.2, 0.25) is 0 Å². The summed E-state index contributed by atoms with van der Waals surface area (Å²) in [5, 5.41) is 14.6. The molecule has 1 aromatic carbocycles. The Morgan fingerprint density at radius 1 is 1.37 bits per heavy atom. The predicted octanol–water partition coefficient (Wildman–Crippen LogP) is 3.42. The molecule has 3 rings (SSSR count). The summed E-state index contributed by atoms with van der Waals surface area (Å²) in [7, 11) is 1.66. The number of piperidine rings is 1. The smallest absolute Gasteiger partial charge is 0.335 e. The molecule has 2 heterocycles. The summed E-state index contributed by atoms with van der Waals surface area (Å²) < 4.78 is 5.73. The highest BCUT2D eigenvalue weighted by molar-refractivity contribution is 9.10. The number of anilines is 2. The average molecular weight is 436 g/mol. The molecular formula is C18H22BrN5O3. The van der Waals surface area contributed by atoms with Crippen LogP contribution in [0.15, 0.2) is 34.9 Å². The van der Waals surface area contributed by atoms with E-state index in [1.165, 1.54) is 11.8 Å². The van der Waals surface area contributed by atoms with Gasteiger partial charge in [-0.15, -0.1) is 0 Å². The van der Waals surface area contributed by atoms with Gasteiger partial charge in [0, 0.05) is 31.9 Å². The molecule has 8 nitrogen and oxygen atoms in total. The second kappa shape index (κ2) is 8.53. The monoisotopic (exact) mass is 435 g/mol. The lowest BCUT2D eigenvalue weighted by molar-refractivity contribution is -0.383. The number of methoxy groups -OCH3 is 1. The Morgan fingerprint density at radius 3 is 2.63 bits per heavy atom. The number of nitrogen functional groups attached to an aromatic ring is 1. The van der Waals surface area contributed by atoms with E-state index >= 15 is 0 Å². The van der Waals surface area contributed by atoms with Gasteiger partial charge in [0.15, 0.2) is 0 Å². The Labute approximate surface area is 166 Å². The summed E-state index contributed by atoms with van der Waals surface area (Å²) in [6.45, 7) is 2.70. The van der Waals surface area contributed by atoms with Gasteiger partial charge in [0.05, 0.1) is 16.5 Å². The van der Waals surface area contributed by atoms with Crippen molar-refractivity contribution < 1.29 is 9.66 Å². The fraction of sp³-hybridized carbons (Fsp3) is 0.389. The Morgan fingerprint density at radius 2 is 2.04 bits per heavy atom. The lowest BCUT2D eigenvalue weighted by Crippen LogP contribution is -2.38. The minimum Gasteiger partial charge on any atom is -0.497 e. The molecule has 1 aliphatic heterocycles. The number of ether oxygens (including phenoxy) is 1. The lowest BCUT2D eigenvalue weighted by atomic mass is 10.0. The first-order valence-corrected chi connectivity index (χ1v) is 9.47. The van der Waals surface area contributed by atoms with E-state index in [9.17, 15) is 10.1 Å². The number of nitrogens with zero attached hydrogens (tertiary/aromatic N) is 3. The van der Waals surface area contributed by atoms with E-state index in [4.69, 9.17) is 10.5 Å². The number of aromatic nitrogens is 1. The molecule has 0 atom stereocenters. The van der Waals surface area contributed by atoms with E-state index in [0.29, 0.717) is 10.2 Å². The minimum absolute atomic E-state index is 0.0809. The first-order valence-electron chi connectivity index (χ1n) is 8.68. The average Bonchev–Trinajstić information content (AvgIpc) is 2.66. The van der Waals surface area contributed by atoms with Crippen LogP contribution < -0.4 is 15.8 Å². The van der Waals surface area contributed by atoms with Crippen LogP contribution in [-0.2, 0) is 6.54 Å². The lowest BCUT2D eigenvalue weighted by Gasteiger charge is -2.33. The van der Waals surface area contributed by atoms with E-state index in [0.717, 1.165) is 38.2 Å². The molecule has 27 heavy (non-hydrogen) atoms. The van der Waals surface area contributed by atoms with Crippen LogP contribution in [0, 0.1) is 10.1 Å². The van der Waals surface area contributed by atoms with Crippen molar-refractivity contribution in [2.45, 2.75) is 25.4 Å². The van der Waals surface area contributed by atoms with Gasteiger partial charge in [0.1, 0.15) is 11.4 Å². The van der Waals surface area contributed by atoms with Crippen LogP contribution in [0.1, 0.15) is 18.4 Å². The van der Waals surface area contributed by atoms with Gasteiger partial charge in [-0.3, -0.25) is 15.0 Å². The number of pyridine rings is 1. The molecule has 0 amide bonds. The number of nitrogens with two attached hydrogens (primary N) is 1. The van der Waals surface area contributed by atoms with Crippen LogP contribution in [-0.4, -0.2) is 41.0 Å². The minimum atomic E-state index is -0.492. The van der Waals surface area contributed by atoms with Crippen molar-refractivity contribution in [3.05, 3.63) is 50.6 Å². The Balaban J connectivity index is 1.60. The number of nitrogens with one attached hydrogen (secondary N) is 1. The van der Waals surface area contributed by atoms with Crippen molar-refractivity contribution in [2.24, 2.45) is 0 Å². The van der Waals surface area contributed by atoms with Crippen molar-refractivity contribution >= 4 is 33.1 Å². The molecule has 144 valence electrons. The second-order valence-corrected chi connectivity index (χ2v) is 7.37. The molecule has 2 aromatic rings. The highest BCUT2D eigenvalue weighted by Crippen LogP contribution is 2.36. The molecule has 1 aliphatic rings. The largest absolute Gasteiger partial charge is 0.497 e. The topological polar surface area (TPSA) is 107 Å². The normalized spacial score (nSPS) is 15.5. The second-order valence-electron chi connectivity index (χ2n) is 6.51. The SMILES string of the molecule is COc1ccc(CN2CCC(Nc3c(Br)cnc(N)c3[N+](=O)[O-])CC2)cc1. The zero-order valence-corrected chi connectivity index (χ0v) is 16.6. The molecule has 0 saturated carbocycles. The van der Waals surface area contributed by atoms with Crippen LogP contribution in [0.4, 0.5) is 17.2 Å². The van der Waals surface area contributed by atoms with E-state index in [-0.39, 0.29) is 17.5 Å². The molecule has 0 bridgehead atoms. The van der Waals surface area contributed by atoms with Crippen molar-refractivity contribution in [2.75, 3.05) is 31.2 Å².